The molecule has 0 radical (unpaired) electrons. The molecule has 1 atom stereocenters. The summed E-state index contributed by atoms with van der Waals surface area (Å²) < 4.78 is 34.7. The van der Waals surface area contributed by atoms with Crippen LogP contribution in [0.3, 0.4) is 0 Å². The number of halogens is 1. The molecule has 2 aromatic rings. The molecule has 0 saturated heterocycles. The number of benzene rings is 2. The Bertz CT molecular complexity index is 925. The molecule has 2 aromatic carbocycles. The highest BCUT2D eigenvalue weighted by Crippen LogP contribution is 2.15. The average Bonchev–Trinajstić information content (AvgIpc) is 2.89. The van der Waals surface area contributed by atoms with Crippen molar-refractivity contribution < 1.29 is 38.0 Å². The number of carboxylic acid groups (broad SMARTS) is 1. The summed E-state index contributed by atoms with van der Waals surface area (Å²) in [6.07, 6.45) is 0.825. The first-order valence-corrected chi connectivity index (χ1v) is 12.4. The van der Waals surface area contributed by atoms with Gasteiger partial charge in [-0.2, -0.15) is 0 Å². The first-order valence-electron chi connectivity index (χ1n) is 12.4. The van der Waals surface area contributed by atoms with E-state index in [9.17, 15) is 19.1 Å². The van der Waals surface area contributed by atoms with Gasteiger partial charge in [0, 0.05) is 33.2 Å². The fourth-order valence-electron chi connectivity index (χ4n) is 3.44. The molecule has 9 nitrogen and oxygen atoms in total. The van der Waals surface area contributed by atoms with Crippen LogP contribution in [0.2, 0.25) is 0 Å². The summed E-state index contributed by atoms with van der Waals surface area (Å²) in [5, 5.41) is 12.1. The molecule has 0 aromatic heterocycles. The zero-order valence-corrected chi connectivity index (χ0v) is 21.5. The summed E-state index contributed by atoms with van der Waals surface area (Å²) in [5.74, 6) is -0.0760. The van der Waals surface area contributed by atoms with Gasteiger partial charge in [0.15, 0.2) is 6.10 Å². The number of nitrogens with one attached hydrogen (secondary N) is 1. The van der Waals surface area contributed by atoms with E-state index in [2.05, 4.69) is 5.32 Å². The number of rotatable bonds is 18. The molecule has 0 aliphatic carbocycles. The number of nitrogens with zero attached hydrogens (tertiary/aromatic N) is 1. The lowest BCUT2D eigenvalue weighted by Crippen LogP contribution is -2.43. The Kier molecular flexibility index (Phi) is 13.8. The number of methoxy groups -OCH3 is 1. The average molecular weight is 521 g/mol. The van der Waals surface area contributed by atoms with Crippen molar-refractivity contribution in [3.05, 3.63) is 59.9 Å². The van der Waals surface area contributed by atoms with E-state index in [1.165, 1.54) is 12.1 Å². The Morgan fingerprint density at radius 3 is 2.22 bits per heavy atom. The highest BCUT2D eigenvalue weighted by molar-refractivity contribution is 5.74. The van der Waals surface area contributed by atoms with Crippen LogP contribution in [0.15, 0.2) is 48.5 Å². The summed E-state index contributed by atoms with van der Waals surface area (Å²) in [4.78, 5) is 25.6. The molecular weight excluding hydrogens is 483 g/mol. The Morgan fingerprint density at radius 1 is 0.946 bits per heavy atom. The number of hydrogen-bond acceptors (Lipinski definition) is 6. The first kappa shape index (κ1) is 29.9. The maximum atomic E-state index is 13.0. The molecule has 0 aliphatic rings. The van der Waals surface area contributed by atoms with Crippen molar-refractivity contribution >= 4 is 12.0 Å². The van der Waals surface area contributed by atoms with Crippen molar-refractivity contribution in [3.8, 4) is 11.5 Å². The van der Waals surface area contributed by atoms with Crippen molar-refractivity contribution in [1.82, 2.24) is 10.2 Å². The highest BCUT2D eigenvalue weighted by atomic mass is 19.1. The van der Waals surface area contributed by atoms with Crippen LogP contribution in [0.5, 0.6) is 11.5 Å². The van der Waals surface area contributed by atoms with Gasteiger partial charge in [0.25, 0.3) is 0 Å². The third kappa shape index (κ3) is 11.9. The van der Waals surface area contributed by atoms with Crippen molar-refractivity contribution in [3.63, 3.8) is 0 Å². The smallest absolute Gasteiger partial charge is 0.333 e. The van der Waals surface area contributed by atoms with Gasteiger partial charge in [-0.25, -0.2) is 14.0 Å². The van der Waals surface area contributed by atoms with Crippen molar-refractivity contribution in [2.24, 2.45) is 0 Å². The zero-order valence-electron chi connectivity index (χ0n) is 21.5. The molecule has 0 heterocycles. The Labute approximate surface area is 217 Å². The molecule has 0 fully saturated rings. The van der Waals surface area contributed by atoms with Gasteiger partial charge in [-0.15, -0.1) is 0 Å². The molecule has 0 spiro atoms. The lowest BCUT2D eigenvalue weighted by atomic mass is 10.1. The summed E-state index contributed by atoms with van der Waals surface area (Å²) in [5.41, 5.74) is 0.829. The van der Waals surface area contributed by atoms with Gasteiger partial charge >= 0.3 is 12.0 Å². The number of unbranched alkanes of at least 4 members (excludes halogenated alkanes) is 1. The van der Waals surface area contributed by atoms with E-state index >= 15 is 0 Å². The van der Waals surface area contributed by atoms with Gasteiger partial charge in [0.1, 0.15) is 23.9 Å². The van der Waals surface area contributed by atoms with E-state index in [1.807, 2.05) is 0 Å². The topological polar surface area (TPSA) is 107 Å². The van der Waals surface area contributed by atoms with Gasteiger partial charge < -0.3 is 34.3 Å². The van der Waals surface area contributed by atoms with Crippen LogP contribution in [-0.2, 0) is 20.7 Å². The number of carbonyl (C=O) groups excluding carboxylic acids is 1. The van der Waals surface area contributed by atoms with Gasteiger partial charge in [-0.05, 0) is 61.7 Å². The zero-order chi connectivity index (χ0) is 26.9. The minimum Gasteiger partial charge on any atom is -0.494 e. The van der Waals surface area contributed by atoms with Crippen molar-refractivity contribution in [2.75, 3.05) is 53.2 Å². The SMILES string of the molecule is CCOC(Cc1ccc(OCCN(CCCCOc2ccc(F)cc2)C(=O)NCCOC)cc1)C(=O)O. The monoisotopic (exact) mass is 520 g/mol. The minimum atomic E-state index is -0.993. The molecule has 2 rings (SSSR count). The van der Waals surface area contributed by atoms with Crippen LogP contribution in [0, 0.1) is 5.82 Å². The number of urea groups is 1. The molecule has 0 saturated carbocycles. The largest absolute Gasteiger partial charge is 0.494 e. The van der Waals surface area contributed by atoms with Crippen LogP contribution < -0.4 is 14.8 Å². The molecule has 37 heavy (non-hydrogen) atoms. The summed E-state index contributed by atoms with van der Waals surface area (Å²) in [6, 6.07) is 12.8. The highest BCUT2D eigenvalue weighted by Gasteiger charge is 2.18. The van der Waals surface area contributed by atoms with E-state index in [1.54, 1.807) is 55.3 Å². The van der Waals surface area contributed by atoms with Gasteiger partial charge in [0.05, 0.1) is 19.8 Å². The molecule has 10 heteroatoms. The Hall–Kier alpha value is -3.37. The van der Waals surface area contributed by atoms with E-state index in [4.69, 9.17) is 18.9 Å². The molecule has 204 valence electrons. The first-order chi connectivity index (χ1) is 17.9. The molecule has 0 bridgehead atoms. The Morgan fingerprint density at radius 2 is 1.59 bits per heavy atom. The standard InChI is InChI=1S/C27H37FN2O7/c1-3-35-25(26(31)32)20-21-6-10-23(11-7-21)37-19-16-30(27(33)29-14-18-34-2)15-4-5-17-36-24-12-8-22(28)9-13-24/h6-13,25H,3-5,14-20H2,1-2H3,(H,29,33)(H,31,32). The summed E-state index contributed by atoms with van der Waals surface area (Å²) in [6.45, 7) is 4.55. The van der Waals surface area contributed by atoms with Crippen LogP contribution in [0.4, 0.5) is 9.18 Å². The molecule has 2 amide bonds. The maximum Gasteiger partial charge on any atom is 0.333 e. The van der Waals surface area contributed by atoms with E-state index in [0.717, 1.165) is 18.4 Å². The van der Waals surface area contributed by atoms with E-state index < -0.39 is 12.1 Å². The van der Waals surface area contributed by atoms with Gasteiger partial charge in [-0.3, -0.25) is 0 Å². The fourth-order valence-corrected chi connectivity index (χ4v) is 3.44. The second kappa shape index (κ2) is 17.1. The summed E-state index contributed by atoms with van der Waals surface area (Å²) >= 11 is 0. The quantitative estimate of drug-likeness (QED) is 0.288. The predicted octanol–water partition coefficient (Wildman–Crippen LogP) is 3.75. The number of amides is 2. The molecular formula is C27H37FN2O7. The normalized spacial score (nSPS) is 11.5. The maximum absolute atomic E-state index is 13.0. The number of hydrogen-bond donors (Lipinski definition) is 2. The van der Waals surface area contributed by atoms with Crippen LogP contribution in [0.25, 0.3) is 0 Å². The van der Waals surface area contributed by atoms with E-state index in [0.29, 0.717) is 57.6 Å². The van der Waals surface area contributed by atoms with Crippen LogP contribution in [-0.4, -0.2) is 81.3 Å². The number of aliphatic carboxylic acids is 1. The number of carboxylic acids is 1. The number of ether oxygens (including phenoxy) is 4. The Balaban J connectivity index is 1.80. The van der Waals surface area contributed by atoms with Gasteiger partial charge in [-0.1, -0.05) is 12.1 Å². The van der Waals surface area contributed by atoms with Gasteiger partial charge in [0.2, 0.25) is 0 Å². The molecule has 0 aliphatic heterocycles. The molecule has 1 unspecified atom stereocenters. The third-order valence-electron chi connectivity index (χ3n) is 5.39. The van der Waals surface area contributed by atoms with Crippen LogP contribution >= 0.6 is 0 Å². The van der Waals surface area contributed by atoms with Crippen molar-refractivity contribution in [1.29, 1.82) is 0 Å². The lowest BCUT2D eigenvalue weighted by molar-refractivity contribution is -0.149. The van der Waals surface area contributed by atoms with Crippen LogP contribution in [0.1, 0.15) is 25.3 Å². The molecule has 2 N–H and O–H groups in total. The third-order valence-corrected chi connectivity index (χ3v) is 5.39. The predicted molar refractivity (Wildman–Crippen MR) is 137 cm³/mol. The number of carbonyl (C=O) groups is 2. The van der Waals surface area contributed by atoms with Crippen molar-refractivity contribution in [2.45, 2.75) is 32.3 Å². The minimum absolute atomic E-state index is 0.203. The van der Waals surface area contributed by atoms with E-state index in [-0.39, 0.29) is 18.3 Å². The second-order valence-electron chi connectivity index (χ2n) is 8.20. The summed E-state index contributed by atoms with van der Waals surface area (Å²) in [7, 11) is 1.57. The lowest BCUT2D eigenvalue weighted by Gasteiger charge is -2.23. The fraction of sp³-hybridized carbons (Fsp3) is 0.481. The second-order valence-corrected chi connectivity index (χ2v) is 8.20.